The SMILES string of the molecule is CC(C)n1ccc(CC(=O)c2cccc3c2CCCN3)n1. The average Bonchev–Trinajstić information content (AvgIpc) is 2.95. The third-order valence-corrected chi connectivity index (χ3v) is 3.93. The van der Waals surface area contributed by atoms with Gasteiger partial charge in [-0.15, -0.1) is 0 Å². The third kappa shape index (κ3) is 2.84. The van der Waals surface area contributed by atoms with Gasteiger partial charge in [-0.2, -0.15) is 5.10 Å². The lowest BCUT2D eigenvalue weighted by molar-refractivity contribution is 0.0990. The fourth-order valence-electron chi connectivity index (χ4n) is 2.79. The van der Waals surface area contributed by atoms with E-state index in [2.05, 4.69) is 30.3 Å². The van der Waals surface area contributed by atoms with Gasteiger partial charge in [-0.1, -0.05) is 12.1 Å². The summed E-state index contributed by atoms with van der Waals surface area (Å²) in [4.78, 5) is 12.6. The van der Waals surface area contributed by atoms with Crippen molar-refractivity contribution in [2.75, 3.05) is 11.9 Å². The number of fused-ring (bicyclic) bond motifs is 1. The van der Waals surface area contributed by atoms with Crippen molar-refractivity contribution in [2.24, 2.45) is 0 Å². The summed E-state index contributed by atoms with van der Waals surface area (Å²) in [7, 11) is 0. The number of nitrogens with one attached hydrogen (secondary N) is 1. The third-order valence-electron chi connectivity index (χ3n) is 3.93. The van der Waals surface area contributed by atoms with Gasteiger partial charge in [0.1, 0.15) is 0 Å². The molecule has 0 radical (unpaired) electrons. The van der Waals surface area contributed by atoms with Crippen molar-refractivity contribution in [1.29, 1.82) is 0 Å². The van der Waals surface area contributed by atoms with Crippen LogP contribution in [-0.4, -0.2) is 22.1 Å². The summed E-state index contributed by atoms with van der Waals surface area (Å²) in [6, 6.07) is 8.21. The number of nitrogens with zero attached hydrogens (tertiary/aromatic N) is 2. The van der Waals surface area contributed by atoms with Crippen LogP contribution in [0.2, 0.25) is 0 Å². The topological polar surface area (TPSA) is 46.9 Å². The molecular weight excluding hydrogens is 262 g/mol. The zero-order valence-corrected chi connectivity index (χ0v) is 12.6. The maximum absolute atomic E-state index is 12.6. The molecule has 0 amide bonds. The van der Waals surface area contributed by atoms with Crippen molar-refractivity contribution in [3.63, 3.8) is 0 Å². The van der Waals surface area contributed by atoms with Gasteiger partial charge in [0, 0.05) is 30.0 Å². The molecule has 3 rings (SSSR count). The Hall–Kier alpha value is -2.10. The van der Waals surface area contributed by atoms with Gasteiger partial charge < -0.3 is 5.32 Å². The molecule has 1 N–H and O–H groups in total. The minimum atomic E-state index is 0.157. The van der Waals surface area contributed by atoms with E-state index in [9.17, 15) is 4.79 Å². The quantitative estimate of drug-likeness (QED) is 0.876. The number of Topliss-reactive ketones (excluding diaryl/α,β-unsaturated/α-hetero) is 1. The number of carbonyl (C=O) groups is 1. The highest BCUT2D eigenvalue weighted by molar-refractivity contribution is 6.00. The van der Waals surface area contributed by atoms with Crippen LogP contribution >= 0.6 is 0 Å². The Morgan fingerprint density at radius 2 is 2.24 bits per heavy atom. The van der Waals surface area contributed by atoms with Crippen molar-refractivity contribution in [3.05, 3.63) is 47.3 Å². The number of ketones is 1. The van der Waals surface area contributed by atoms with E-state index in [4.69, 9.17) is 0 Å². The predicted octanol–water partition coefficient (Wildman–Crippen LogP) is 3.25. The number of rotatable bonds is 4. The van der Waals surface area contributed by atoms with E-state index in [0.717, 1.165) is 41.9 Å². The van der Waals surface area contributed by atoms with Crippen LogP contribution in [0.1, 0.15) is 47.9 Å². The second-order valence-electron chi connectivity index (χ2n) is 5.84. The van der Waals surface area contributed by atoms with Crippen LogP contribution in [0.5, 0.6) is 0 Å². The number of aromatic nitrogens is 2. The molecule has 0 atom stereocenters. The molecule has 2 aromatic rings. The molecule has 2 heterocycles. The van der Waals surface area contributed by atoms with Crippen molar-refractivity contribution in [1.82, 2.24) is 9.78 Å². The highest BCUT2D eigenvalue weighted by Gasteiger charge is 2.18. The Labute approximate surface area is 125 Å². The highest BCUT2D eigenvalue weighted by Crippen LogP contribution is 2.26. The number of anilines is 1. The Balaban J connectivity index is 1.82. The molecule has 0 aliphatic carbocycles. The van der Waals surface area contributed by atoms with Gasteiger partial charge in [0.2, 0.25) is 0 Å². The largest absolute Gasteiger partial charge is 0.385 e. The molecular formula is C17H21N3O. The van der Waals surface area contributed by atoms with E-state index in [1.165, 1.54) is 0 Å². The minimum absolute atomic E-state index is 0.157. The smallest absolute Gasteiger partial charge is 0.169 e. The van der Waals surface area contributed by atoms with Gasteiger partial charge in [0.05, 0.1) is 12.1 Å². The predicted molar refractivity (Wildman–Crippen MR) is 83.9 cm³/mol. The molecule has 0 fully saturated rings. The first-order chi connectivity index (χ1) is 10.1. The van der Waals surface area contributed by atoms with Crippen LogP contribution in [-0.2, 0) is 12.8 Å². The molecule has 0 saturated heterocycles. The van der Waals surface area contributed by atoms with Crippen molar-refractivity contribution in [2.45, 2.75) is 39.2 Å². The average molecular weight is 283 g/mol. The van der Waals surface area contributed by atoms with Gasteiger partial charge in [0.25, 0.3) is 0 Å². The van der Waals surface area contributed by atoms with Crippen LogP contribution in [0.4, 0.5) is 5.69 Å². The summed E-state index contributed by atoms with van der Waals surface area (Å²) in [5, 5.41) is 7.84. The molecule has 21 heavy (non-hydrogen) atoms. The van der Waals surface area contributed by atoms with Crippen molar-refractivity contribution < 1.29 is 4.79 Å². The Morgan fingerprint density at radius 1 is 1.38 bits per heavy atom. The van der Waals surface area contributed by atoms with Crippen LogP contribution in [0.3, 0.4) is 0 Å². The Morgan fingerprint density at radius 3 is 3.00 bits per heavy atom. The first kappa shape index (κ1) is 13.9. The van der Waals surface area contributed by atoms with Crippen LogP contribution in [0, 0.1) is 0 Å². The van der Waals surface area contributed by atoms with Gasteiger partial charge in [0.15, 0.2) is 5.78 Å². The zero-order valence-electron chi connectivity index (χ0n) is 12.6. The molecule has 1 aliphatic rings. The fourth-order valence-corrected chi connectivity index (χ4v) is 2.79. The lowest BCUT2D eigenvalue weighted by Crippen LogP contribution is -2.16. The van der Waals surface area contributed by atoms with E-state index in [1.54, 1.807) is 0 Å². The summed E-state index contributed by atoms with van der Waals surface area (Å²) < 4.78 is 1.89. The summed E-state index contributed by atoms with van der Waals surface area (Å²) in [5.74, 6) is 0.157. The second kappa shape index (κ2) is 5.72. The van der Waals surface area contributed by atoms with E-state index >= 15 is 0 Å². The summed E-state index contributed by atoms with van der Waals surface area (Å²) in [5.41, 5.74) is 3.96. The number of hydrogen-bond acceptors (Lipinski definition) is 3. The fraction of sp³-hybridized carbons (Fsp3) is 0.412. The lowest BCUT2D eigenvalue weighted by atomic mass is 9.94. The lowest BCUT2D eigenvalue weighted by Gasteiger charge is -2.20. The van der Waals surface area contributed by atoms with Gasteiger partial charge >= 0.3 is 0 Å². The summed E-state index contributed by atoms with van der Waals surface area (Å²) in [6.07, 6.45) is 4.37. The van der Waals surface area contributed by atoms with Gasteiger partial charge in [-0.05, 0) is 44.4 Å². The van der Waals surface area contributed by atoms with E-state index < -0.39 is 0 Å². The number of hydrogen-bond donors (Lipinski definition) is 1. The van der Waals surface area contributed by atoms with Gasteiger partial charge in [-0.25, -0.2) is 0 Å². The van der Waals surface area contributed by atoms with Crippen molar-refractivity contribution in [3.8, 4) is 0 Å². The monoisotopic (exact) mass is 283 g/mol. The van der Waals surface area contributed by atoms with E-state index in [1.807, 2.05) is 29.1 Å². The Kier molecular flexibility index (Phi) is 3.78. The first-order valence-electron chi connectivity index (χ1n) is 7.58. The molecule has 4 nitrogen and oxygen atoms in total. The molecule has 1 aromatic carbocycles. The van der Waals surface area contributed by atoms with E-state index in [0.29, 0.717) is 12.5 Å². The van der Waals surface area contributed by atoms with E-state index in [-0.39, 0.29) is 5.78 Å². The standard InChI is InChI=1S/C17H21N3O/c1-12(2)20-10-8-13(19-20)11-17(21)15-5-3-7-16-14(15)6-4-9-18-16/h3,5,7-8,10,12,18H,4,6,9,11H2,1-2H3. The normalized spacial score (nSPS) is 13.9. The maximum atomic E-state index is 12.6. The Bertz CT molecular complexity index is 658. The summed E-state index contributed by atoms with van der Waals surface area (Å²) >= 11 is 0. The molecule has 110 valence electrons. The molecule has 1 aromatic heterocycles. The zero-order chi connectivity index (χ0) is 14.8. The molecule has 0 spiro atoms. The second-order valence-corrected chi connectivity index (χ2v) is 5.84. The number of benzene rings is 1. The highest BCUT2D eigenvalue weighted by atomic mass is 16.1. The van der Waals surface area contributed by atoms with Crippen LogP contribution in [0.25, 0.3) is 0 Å². The molecule has 4 heteroatoms. The molecule has 0 saturated carbocycles. The molecule has 0 unspecified atom stereocenters. The van der Waals surface area contributed by atoms with Crippen molar-refractivity contribution >= 4 is 11.5 Å². The van der Waals surface area contributed by atoms with Crippen LogP contribution in [0.15, 0.2) is 30.5 Å². The first-order valence-corrected chi connectivity index (χ1v) is 7.58. The minimum Gasteiger partial charge on any atom is -0.385 e. The van der Waals surface area contributed by atoms with Gasteiger partial charge in [-0.3, -0.25) is 9.48 Å². The maximum Gasteiger partial charge on any atom is 0.169 e. The summed E-state index contributed by atoms with van der Waals surface area (Å²) in [6.45, 7) is 5.15. The van der Waals surface area contributed by atoms with Crippen LogP contribution < -0.4 is 5.32 Å². The number of carbonyl (C=O) groups excluding carboxylic acids is 1. The molecule has 1 aliphatic heterocycles. The molecule has 0 bridgehead atoms.